The number of aliphatic carboxylic acids is 1. The number of ether oxygens (including phenoxy) is 1. The van der Waals surface area contributed by atoms with E-state index in [1.54, 1.807) is 30.3 Å². The number of carboxylic acid groups (broad SMARTS) is 1. The highest BCUT2D eigenvalue weighted by Gasteiger charge is 2.26. The number of nitrogens with zero attached hydrogens (tertiary/aromatic N) is 2. The fraction of sp³-hybridized carbons (Fsp3) is 0.207. The zero-order valence-electron chi connectivity index (χ0n) is 22.2. The van der Waals surface area contributed by atoms with Gasteiger partial charge in [-0.05, 0) is 55.3 Å². The first kappa shape index (κ1) is 30.0. The lowest BCUT2D eigenvalue weighted by Gasteiger charge is -2.24. The molecule has 0 aliphatic heterocycles. The molecule has 4 aromatic rings. The van der Waals surface area contributed by atoms with E-state index in [0.717, 1.165) is 10.0 Å². The van der Waals surface area contributed by atoms with E-state index in [1.165, 1.54) is 30.3 Å². The van der Waals surface area contributed by atoms with Gasteiger partial charge in [0.1, 0.15) is 22.2 Å². The van der Waals surface area contributed by atoms with Crippen LogP contribution in [0.5, 0.6) is 5.75 Å². The number of hydrogen-bond donors (Lipinski definition) is 3. The molecule has 41 heavy (non-hydrogen) atoms. The summed E-state index contributed by atoms with van der Waals surface area (Å²) in [5.41, 5.74) is 1.84. The summed E-state index contributed by atoms with van der Waals surface area (Å²) < 4.78 is 35.3. The molecule has 1 amide bonds. The molecular weight excluding hydrogens is 612 g/mol. The van der Waals surface area contributed by atoms with Gasteiger partial charge >= 0.3 is 5.97 Å². The smallest absolute Gasteiger partial charge is 0.303 e. The summed E-state index contributed by atoms with van der Waals surface area (Å²) in [5, 5.41) is 8.78. The van der Waals surface area contributed by atoms with Gasteiger partial charge in [-0.1, -0.05) is 52.7 Å². The van der Waals surface area contributed by atoms with Crippen LogP contribution in [-0.2, 0) is 14.8 Å². The highest BCUT2D eigenvalue weighted by atomic mass is 79.9. The van der Waals surface area contributed by atoms with Crippen LogP contribution < -0.4 is 14.4 Å². The van der Waals surface area contributed by atoms with Gasteiger partial charge in [0.25, 0.3) is 5.91 Å². The van der Waals surface area contributed by atoms with Crippen molar-refractivity contribution in [3.63, 3.8) is 0 Å². The lowest BCUT2D eigenvalue weighted by molar-refractivity contribution is -0.137. The molecule has 0 fully saturated rings. The molecule has 214 valence electrons. The van der Waals surface area contributed by atoms with Gasteiger partial charge in [-0.25, -0.2) is 18.1 Å². The highest BCUT2D eigenvalue weighted by molar-refractivity contribution is 9.10. The Labute approximate surface area is 246 Å². The monoisotopic (exact) mass is 640 g/mol. The number of nitrogens with one attached hydrogen (secondary N) is 2. The molecular formula is C29H29BrN4O6S. The van der Waals surface area contributed by atoms with Gasteiger partial charge in [0, 0.05) is 28.7 Å². The quantitative estimate of drug-likeness (QED) is 0.158. The van der Waals surface area contributed by atoms with Crippen molar-refractivity contribution >= 4 is 49.2 Å². The van der Waals surface area contributed by atoms with Crippen molar-refractivity contribution in [1.82, 2.24) is 14.7 Å². The highest BCUT2D eigenvalue weighted by Crippen LogP contribution is 2.34. The number of rotatable bonds is 13. The third-order valence-electron chi connectivity index (χ3n) is 6.20. The molecule has 0 radical (unpaired) electrons. The van der Waals surface area contributed by atoms with Crippen LogP contribution in [0, 0.1) is 0 Å². The Hall–Kier alpha value is -4.00. The van der Waals surface area contributed by atoms with Crippen LogP contribution in [0.3, 0.4) is 0 Å². The summed E-state index contributed by atoms with van der Waals surface area (Å²) in [4.78, 5) is 33.3. The number of unbranched alkanes of at least 4 members (excludes halogenated alkanes) is 2. The number of halogens is 1. The van der Waals surface area contributed by atoms with Gasteiger partial charge < -0.3 is 14.8 Å². The van der Waals surface area contributed by atoms with E-state index in [1.807, 2.05) is 30.3 Å². The molecule has 12 heteroatoms. The molecule has 3 aromatic carbocycles. The normalized spacial score (nSPS) is 11.3. The zero-order valence-corrected chi connectivity index (χ0v) is 24.6. The molecule has 3 N–H and O–H groups in total. The van der Waals surface area contributed by atoms with E-state index in [4.69, 9.17) is 9.84 Å². The number of sulfonamides is 1. The zero-order chi connectivity index (χ0) is 29.4. The summed E-state index contributed by atoms with van der Waals surface area (Å²) in [7, 11) is -2.66. The van der Waals surface area contributed by atoms with Crippen LogP contribution in [0.15, 0.2) is 88.4 Å². The molecule has 1 heterocycles. The number of aromatic nitrogens is 2. The fourth-order valence-electron chi connectivity index (χ4n) is 4.14. The van der Waals surface area contributed by atoms with Crippen LogP contribution in [0.4, 0.5) is 11.4 Å². The SMILES string of the molecule is COc1ccc(N(C(=O)c2cnc(-c3ccccc3)[nH]2)c2ccc(Br)cc2)cc1S(=O)(=O)NCCCCCC(=O)O. The molecule has 0 bridgehead atoms. The molecule has 0 saturated heterocycles. The van der Waals surface area contributed by atoms with Gasteiger partial charge in [-0.3, -0.25) is 14.5 Å². The van der Waals surface area contributed by atoms with Gasteiger partial charge in [-0.2, -0.15) is 0 Å². The average Bonchev–Trinajstić information content (AvgIpc) is 3.47. The number of methoxy groups -OCH3 is 1. The summed E-state index contributed by atoms with van der Waals surface area (Å²) in [5.74, 6) is -0.691. The van der Waals surface area contributed by atoms with Crippen LogP contribution >= 0.6 is 15.9 Å². The third-order valence-corrected chi connectivity index (χ3v) is 8.21. The van der Waals surface area contributed by atoms with Crippen molar-refractivity contribution < 1.29 is 27.9 Å². The first-order valence-electron chi connectivity index (χ1n) is 12.8. The minimum Gasteiger partial charge on any atom is -0.495 e. The van der Waals surface area contributed by atoms with Crippen molar-refractivity contribution in [2.45, 2.75) is 30.6 Å². The topological polar surface area (TPSA) is 142 Å². The van der Waals surface area contributed by atoms with Crippen molar-refractivity contribution in [3.8, 4) is 17.1 Å². The number of H-pyrrole nitrogens is 1. The van der Waals surface area contributed by atoms with Crippen molar-refractivity contribution in [2.24, 2.45) is 0 Å². The third kappa shape index (κ3) is 7.60. The van der Waals surface area contributed by atoms with Gasteiger partial charge in [0.2, 0.25) is 10.0 Å². The first-order chi connectivity index (χ1) is 19.7. The van der Waals surface area contributed by atoms with Gasteiger partial charge in [-0.15, -0.1) is 0 Å². The van der Waals surface area contributed by atoms with E-state index >= 15 is 0 Å². The Kier molecular flexibility index (Phi) is 9.92. The summed E-state index contributed by atoms with van der Waals surface area (Å²) >= 11 is 3.41. The maximum absolute atomic E-state index is 13.9. The van der Waals surface area contributed by atoms with Crippen LogP contribution in [0.25, 0.3) is 11.4 Å². The second-order valence-electron chi connectivity index (χ2n) is 9.07. The summed E-state index contributed by atoms with van der Waals surface area (Å²) in [6, 6.07) is 20.9. The molecule has 1 aromatic heterocycles. The number of anilines is 2. The minimum absolute atomic E-state index is 0.0334. The Morgan fingerprint density at radius 2 is 1.71 bits per heavy atom. The predicted molar refractivity (Wildman–Crippen MR) is 159 cm³/mol. The molecule has 0 aliphatic carbocycles. The minimum atomic E-state index is -4.03. The van der Waals surface area contributed by atoms with Gasteiger partial charge in [0.05, 0.1) is 19.0 Å². The fourth-order valence-corrected chi connectivity index (χ4v) is 5.67. The van der Waals surface area contributed by atoms with Crippen LogP contribution in [0.2, 0.25) is 0 Å². The van der Waals surface area contributed by atoms with Crippen molar-refractivity contribution in [3.05, 3.63) is 89.2 Å². The number of amides is 1. The Balaban J connectivity index is 1.66. The molecule has 0 saturated carbocycles. The Bertz CT molecular complexity index is 1610. The first-order valence-corrected chi connectivity index (χ1v) is 15.1. The maximum atomic E-state index is 13.9. The number of benzene rings is 3. The lowest BCUT2D eigenvalue weighted by Crippen LogP contribution is -2.28. The van der Waals surface area contributed by atoms with Crippen molar-refractivity contribution in [1.29, 1.82) is 0 Å². The number of imidazole rings is 1. The number of carbonyl (C=O) groups excluding carboxylic acids is 1. The van der Waals surface area contributed by atoms with E-state index in [2.05, 4.69) is 30.6 Å². The molecule has 0 unspecified atom stereocenters. The molecule has 0 atom stereocenters. The van der Waals surface area contributed by atoms with E-state index in [9.17, 15) is 18.0 Å². The average molecular weight is 642 g/mol. The number of carbonyl (C=O) groups is 2. The Morgan fingerprint density at radius 1 is 1.00 bits per heavy atom. The molecule has 10 nitrogen and oxygen atoms in total. The second kappa shape index (κ2) is 13.6. The molecule has 0 spiro atoms. The molecule has 0 aliphatic rings. The summed E-state index contributed by atoms with van der Waals surface area (Å²) in [6.45, 7) is 0.126. The standard InChI is InChI=1S/C29H29BrN4O6S/c1-40-25-16-15-23(18-26(25)41(38,39)32-17-7-3-6-10-27(35)36)34(22-13-11-21(30)12-14-22)29(37)24-19-31-28(33-24)20-8-4-2-5-9-20/h2,4-5,8-9,11-16,18-19,32H,3,6-7,10,17H2,1H3,(H,31,33)(H,35,36). The predicted octanol–water partition coefficient (Wildman–Crippen LogP) is 5.75. The van der Waals surface area contributed by atoms with E-state index < -0.39 is 21.9 Å². The number of aromatic amines is 1. The largest absolute Gasteiger partial charge is 0.495 e. The second-order valence-corrected chi connectivity index (χ2v) is 11.7. The van der Waals surface area contributed by atoms with Gasteiger partial charge in [0.15, 0.2) is 0 Å². The number of hydrogen-bond acceptors (Lipinski definition) is 6. The Morgan fingerprint density at radius 3 is 2.39 bits per heavy atom. The van der Waals surface area contributed by atoms with E-state index in [0.29, 0.717) is 36.5 Å². The maximum Gasteiger partial charge on any atom is 0.303 e. The van der Waals surface area contributed by atoms with Crippen LogP contribution in [-0.4, -0.2) is 49.0 Å². The summed E-state index contributed by atoms with van der Waals surface area (Å²) in [6.07, 6.45) is 2.98. The molecule has 4 rings (SSSR count). The van der Waals surface area contributed by atoms with Crippen molar-refractivity contribution in [2.75, 3.05) is 18.6 Å². The van der Waals surface area contributed by atoms with Crippen LogP contribution in [0.1, 0.15) is 36.2 Å². The lowest BCUT2D eigenvalue weighted by atomic mass is 10.2. The number of carboxylic acids is 1. The van der Waals surface area contributed by atoms with E-state index in [-0.39, 0.29) is 29.3 Å².